The van der Waals surface area contributed by atoms with E-state index in [-0.39, 0.29) is 24.3 Å². The quantitative estimate of drug-likeness (QED) is 0.564. The van der Waals surface area contributed by atoms with Crippen molar-refractivity contribution in [3.8, 4) is 0 Å². The van der Waals surface area contributed by atoms with Crippen molar-refractivity contribution >= 4 is 28.8 Å². The number of amides is 1. The number of ether oxygens (including phenoxy) is 1. The summed E-state index contributed by atoms with van der Waals surface area (Å²) >= 11 is 1.50. The molecule has 0 radical (unpaired) electrons. The first kappa shape index (κ1) is 24.5. The molecule has 0 aromatic heterocycles. The molecular weight excluding hydrogens is 448 g/mol. The summed E-state index contributed by atoms with van der Waals surface area (Å²) in [5.41, 5.74) is 5.30. The van der Waals surface area contributed by atoms with Crippen LogP contribution in [0.1, 0.15) is 55.8 Å². The van der Waals surface area contributed by atoms with Gasteiger partial charge >= 0.3 is 5.97 Å². The number of likely N-dealkylation sites (tertiary alicyclic amines) is 1. The zero-order chi connectivity index (χ0) is 24.2. The molecule has 3 heterocycles. The number of fused-ring (bicyclic) bond motifs is 1. The van der Waals surface area contributed by atoms with Gasteiger partial charge in [-0.3, -0.25) is 4.79 Å². The monoisotopic (exact) mass is 482 g/mol. The molecule has 1 aromatic carbocycles. The van der Waals surface area contributed by atoms with Crippen LogP contribution >= 0.6 is 11.8 Å². The van der Waals surface area contributed by atoms with Crippen LogP contribution in [0.5, 0.6) is 0 Å². The summed E-state index contributed by atoms with van der Waals surface area (Å²) in [5, 5.41) is 5.84. The number of amidine groups is 1. The Morgan fingerprint density at radius 1 is 1.21 bits per heavy atom. The van der Waals surface area contributed by atoms with Gasteiger partial charge in [0, 0.05) is 18.8 Å². The van der Waals surface area contributed by atoms with Crippen LogP contribution in [0.4, 0.5) is 0 Å². The van der Waals surface area contributed by atoms with Crippen molar-refractivity contribution in [1.29, 1.82) is 0 Å². The number of esters is 1. The van der Waals surface area contributed by atoms with E-state index in [2.05, 4.69) is 42.3 Å². The molecule has 3 aliphatic rings. The van der Waals surface area contributed by atoms with E-state index in [4.69, 9.17) is 9.73 Å². The molecule has 7 nitrogen and oxygen atoms in total. The van der Waals surface area contributed by atoms with Crippen molar-refractivity contribution in [1.82, 2.24) is 15.1 Å². The minimum Gasteiger partial charge on any atom is -0.463 e. The summed E-state index contributed by atoms with van der Waals surface area (Å²) < 4.78 is 5.43. The molecule has 1 N–H and O–H groups in total. The van der Waals surface area contributed by atoms with Crippen LogP contribution in [0.25, 0.3) is 0 Å². The van der Waals surface area contributed by atoms with Gasteiger partial charge in [0.15, 0.2) is 5.17 Å². The van der Waals surface area contributed by atoms with E-state index in [9.17, 15) is 9.59 Å². The molecule has 4 rings (SSSR count). The topological polar surface area (TPSA) is 74.2 Å². The summed E-state index contributed by atoms with van der Waals surface area (Å²) in [6, 6.07) is 5.87. The van der Waals surface area contributed by atoms with Crippen molar-refractivity contribution in [2.24, 2.45) is 4.99 Å². The number of rotatable bonds is 8. The Morgan fingerprint density at radius 3 is 2.68 bits per heavy atom. The van der Waals surface area contributed by atoms with Gasteiger partial charge in [-0.2, -0.15) is 0 Å². The van der Waals surface area contributed by atoms with Crippen LogP contribution in [0.3, 0.4) is 0 Å². The highest BCUT2D eigenvalue weighted by Gasteiger charge is 2.41. The van der Waals surface area contributed by atoms with Crippen molar-refractivity contribution in [3.05, 3.63) is 57.3 Å². The second kappa shape index (κ2) is 10.8. The Bertz CT molecular complexity index is 1060. The van der Waals surface area contributed by atoms with E-state index in [0.29, 0.717) is 24.4 Å². The lowest BCUT2D eigenvalue weighted by Crippen LogP contribution is -2.39. The third kappa shape index (κ3) is 5.23. The summed E-state index contributed by atoms with van der Waals surface area (Å²) in [6.07, 6.45) is 2.72. The molecule has 0 aliphatic carbocycles. The Kier molecular flexibility index (Phi) is 7.78. The number of thioether (sulfide) groups is 1. The van der Waals surface area contributed by atoms with Crippen LogP contribution < -0.4 is 5.32 Å². The number of hydrogen-bond acceptors (Lipinski definition) is 7. The SMILES string of the molecule is CCOC(=O)C1=C(C)N=C2SC=C(CC(=O)NCCN3CCCC3)N2[C@H]1c1ccc(C)cc1C. The van der Waals surface area contributed by atoms with Gasteiger partial charge in [-0.1, -0.05) is 35.5 Å². The highest BCUT2D eigenvalue weighted by Crippen LogP contribution is 2.45. The van der Waals surface area contributed by atoms with E-state index < -0.39 is 0 Å². The Morgan fingerprint density at radius 2 is 1.97 bits per heavy atom. The molecule has 0 unspecified atom stereocenters. The fourth-order valence-corrected chi connectivity index (χ4v) is 5.82. The first-order chi connectivity index (χ1) is 16.4. The van der Waals surface area contributed by atoms with Crippen LogP contribution in [-0.4, -0.2) is 59.6 Å². The van der Waals surface area contributed by atoms with E-state index >= 15 is 0 Å². The summed E-state index contributed by atoms with van der Waals surface area (Å²) in [5.74, 6) is -0.380. The van der Waals surface area contributed by atoms with Crippen LogP contribution in [0.15, 0.2) is 45.6 Å². The fourth-order valence-electron chi connectivity index (χ4n) is 4.85. The molecule has 1 atom stereocenters. The maximum Gasteiger partial charge on any atom is 0.338 e. The molecule has 0 bridgehead atoms. The predicted molar refractivity (Wildman–Crippen MR) is 136 cm³/mol. The number of carbonyl (C=O) groups is 2. The molecular formula is C26H34N4O3S. The predicted octanol–water partition coefficient (Wildman–Crippen LogP) is 4.04. The molecule has 0 spiro atoms. The smallest absolute Gasteiger partial charge is 0.338 e. The van der Waals surface area contributed by atoms with Gasteiger partial charge in [0.25, 0.3) is 0 Å². The maximum atomic E-state index is 13.1. The minimum absolute atomic E-state index is 0.0179. The van der Waals surface area contributed by atoms with Gasteiger partial charge < -0.3 is 19.9 Å². The average molecular weight is 483 g/mol. The fraction of sp³-hybridized carbons (Fsp3) is 0.500. The number of aliphatic imine (C=N–C) groups is 1. The molecule has 3 aliphatic heterocycles. The van der Waals surface area contributed by atoms with Gasteiger partial charge in [0.05, 0.1) is 30.3 Å². The molecule has 8 heteroatoms. The van der Waals surface area contributed by atoms with E-state index in [1.165, 1.54) is 24.6 Å². The highest BCUT2D eigenvalue weighted by atomic mass is 32.2. The largest absolute Gasteiger partial charge is 0.463 e. The van der Waals surface area contributed by atoms with E-state index in [1.54, 1.807) is 6.92 Å². The number of carbonyl (C=O) groups excluding carboxylic acids is 2. The zero-order valence-electron chi connectivity index (χ0n) is 20.5. The zero-order valence-corrected chi connectivity index (χ0v) is 21.3. The first-order valence-electron chi connectivity index (χ1n) is 12.1. The maximum absolute atomic E-state index is 13.1. The number of hydrogen-bond donors (Lipinski definition) is 1. The average Bonchev–Trinajstić information content (AvgIpc) is 3.43. The van der Waals surface area contributed by atoms with Gasteiger partial charge in [-0.15, -0.1) is 0 Å². The second-order valence-electron chi connectivity index (χ2n) is 9.05. The van der Waals surface area contributed by atoms with E-state index in [0.717, 1.165) is 47.2 Å². The number of aryl methyl sites for hydroxylation is 2. The van der Waals surface area contributed by atoms with Crippen LogP contribution in [0, 0.1) is 13.8 Å². The molecule has 1 fully saturated rings. The molecule has 1 aromatic rings. The molecule has 1 amide bonds. The van der Waals surface area contributed by atoms with Gasteiger partial charge in [-0.25, -0.2) is 9.79 Å². The summed E-state index contributed by atoms with van der Waals surface area (Å²) in [4.78, 5) is 35.0. The van der Waals surface area contributed by atoms with Gasteiger partial charge in [-0.05, 0) is 70.2 Å². The highest BCUT2D eigenvalue weighted by molar-refractivity contribution is 8.16. The summed E-state index contributed by atoms with van der Waals surface area (Å²) in [7, 11) is 0. The van der Waals surface area contributed by atoms with E-state index in [1.807, 2.05) is 17.2 Å². The van der Waals surface area contributed by atoms with Crippen molar-refractivity contribution in [2.45, 2.75) is 53.0 Å². The number of nitrogens with one attached hydrogen (secondary N) is 1. The normalized spacial score (nSPS) is 20.2. The first-order valence-corrected chi connectivity index (χ1v) is 12.9. The molecule has 182 valence electrons. The third-order valence-corrected chi connectivity index (χ3v) is 7.40. The molecule has 34 heavy (non-hydrogen) atoms. The standard InChI is InChI=1S/C26H34N4O3S/c1-5-33-25(32)23-19(4)28-26-30(24(23)21-9-8-17(2)14-18(21)3)20(16-34-26)15-22(31)27-10-13-29-11-6-7-12-29/h8-9,14,16,24H,5-7,10-13,15H2,1-4H3,(H,27,31)/t24-/m0/s1. The number of allylic oxidation sites excluding steroid dienone is 1. The Hall–Kier alpha value is -2.58. The summed E-state index contributed by atoms with van der Waals surface area (Å²) in [6.45, 7) is 11.8. The number of nitrogens with zero attached hydrogens (tertiary/aromatic N) is 3. The third-order valence-electron chi connectivity index (χ3n) is 6.51. The number of benzene rings is 1. The van der Waals surface area contributed by atoms with Crippen molar-refractivity contribution < 1.29 is 14.3 Å². The Balaban J connectivity index is 1.58. The van der Waals surface area contributed by atoms with Crippen molar-refractivity contribution in [2.75, 3.05) is 32.8 Å². The van der Waals surface area contributed by atoms with Crippen LogP contribution in [-0.2, 0) is 14.3 Å². The molecule has 1 saturated heterocycles. The van der Waals surface area contributed by atoms with Gasteiger partial charge in [0.2, 0.25) is 5.91 Å². The van der Waals surface area contributed by atoms with Crippen LogP contribution in [0.2, 0.25) is 0 Å². The second-order valence-corrected chi connectivity index (χ2v) is 9.89. The lowest BCUT2D eigenvalue weighted by atomic mass is 9.90. The lowest BCUT2D eigenvalue weighted by molar-refractivity contribution is -0.139. The Labute approximate surface area is 206 Å². The van der Waals surface area contributed by atoms with Gasteiger partial charge in [0.1, 0.15) is 0 Å². The lowest BCUT2D eigenvalue weighted by Gasteiger charge is -2.37. The molecule has 0 saturated carbocycles. The van der Waals surface area contributed by atoms with Crippen molar-refractivity contribution in [3.63, 3.8) is 0 Å². The minimum atomic E-state index is -0.384.